The Labute approximate surface area is 171 Å². The Bertz CT molecular complexity index is 265. The first-order valence-electron chi connectivity index (χ1n) is 12.5. The maximum Gasteiger partial charge on any atom is 0.293 e. The molecule has 0 saturated heterocycles. The van der Waals surface area contributed by atoms with Crippen molar-refractivity contribution in [3.05, 3.63) is 0 Å². The zero-order valence-corrected chi connectivity index (χ0v) is 18.7. The largest absolute Gasteiger partial charge is 0.468 e. The van der Waals surface area contributed by atoms with E-state index in [4.69, 9.17) is 4.74 Å². The van der Waals surface area contributed by atoms with Crippen molar-refractivity contribution in [1.82, 2.24) is 0 Å². The molecule has 0 atom stereocenters. The lowest BCUT2D eigenvalue weighted by Gasteiger charge is -2.04. The molecule has 0 bridgehead atoms. The van der Waals surface area contributed by atoms with Crippen LogP contribution in [0.15, 0.2) is 0 Å². The van der Waals surface area contributed by atoms with Gasteiger partial charge in [-0.15, -0.1) is 0 Å². The van der Waals surface area contributed by atoms with Gasteiger partial charge in [0.1, 0.15) is 0 Å². The minimum absolute atomic E-state index is 0.553. The predicted molar refractivity (Wildman–Crippen MR) is 119 cm³/mol. The highest BCUT2D eigenvalue weighted by Crippen LogP contribution is 2.15. The molecule has 0 N–H and O–H groups in total. The summed E-state index contributed by atoms with van der Waals surface area (Å²) in [6.45, 7) is 3.45. The Kier molecular flexibility index (Phi) is 25.0. The second kappa shape index (κ2) is 25.5. The van der Waals surface area contributed by atoms with Gasteiger partial charge in [0, 0.05) is 0 Å². The number of carbonyl (C=O) groups is 1. The molecule has 0 saturated carbocycles. The molecule has 0 heterocycles. The average molecular weight is 383 g/mol. The van der Waals surface area contributed by atoms with Crippen LogP contribution in [0.2, 0.25) is 0 Å². The first-order valence-corrected chi connectivity index (χ1v) is 12.5. The van der Waals surface area contributed by atoms with Crippen LogP contribution in [0.1, 0.15) is 148 Å². The van der Waals surface area contributed by atoms with Crippen LogP contribution in [-0.4, -0.2) is 13.1 Å². The highest BCUT2D eigenvalue weighted by Gasteiger charge is 1.95. The normalized spacial score (nSPS) is 11.0. The fraction of sp³-hybridized carbons (Fsp3) is 0.960. The predicted octanol–water partition coefficient (Wildman–Crippen LogP) is 8.76. The Morgan fingerprint density at radius 1 is 0.444 bits per heavy atom. The van der Waals surface area contributed by atoms with Crippen LogP contribution in [0, 0.1) is 0 Å². The highest BCUT2D eigenvalue weighted by molar-refractivity contribution is 5.36. The molecule has 2 nitrogen and oxygen atoms in total. The zero-order valence-electron chi connectivity index (χ0n) is 18.7. The number of ether oxygens (including phenoxy) is 1. The second-order valence-electron chi connectivity index (χ2n) is 8.39. The minimum atomic E-state index is 0.553. The molecule has 0 aromatic rings. The van der Waals surface area contributed by atoms with Gasteiger partial charge in [-0.25, -0.2) is 0 Å². The fourth-order valence-electron chi connectivity index (χ4n) is 3.84. The van der Waals surface area contributed by atoms with Gasteiger partial charge in [-0.05, 0) is 6.42 Å². The van der Waals surface area contributed by atoms with Gasteiger partial charge >= 0.3 is 0 Å². The van der Waals surface area contributed by atoms with Crippen LogP contribution in [0.4, 0.5) is 0 Å². The van der Waals surface area contributed by atoms with Crippen molar-refractivity contribution in [1.29, 1.82) is 0 Å². The lowest BCUT2D eigenvalue weighted by molar-refractivity contribution is -0.128. The molecule has 0 amide bonds. The molecule has 2 heteroatoms. The quantitative estimate of drug-likeness (QED) is 0.123. The Morgan fingerprint density at radius 3 is 0.963 bits per heavy atom. The van der Waals surface area contributed by atoms with Crippen molar-refractivity contribution in [3.8, 4) is 0 Å². The lowest BCUT2D eigenvalue weighted by atomic mass is 10.0. The standard InChI is InChI=1S/C25H50O2/c1-2-3-4-5-6-7-8-9-10-11-12-13-14-15-16-17-18-19-20-21-22-23-24-27-25-26/h25H,2-24H2,1H3. The van der Waals surface area contributed by atoms with E-state index in [2.05, 4.69) is 6.92 Å². The van der Waals surface area contributed by atoms with E-state index in [0.29, 0.717) is 13.1 Å². The van der Waals surface area contributed by atoms with Gasteiger partial charge in [-0.3, -0.25) is 4.79 Å². The SMILES string of the molecule is CCCCCCCCCCCCCCCCCCCCCCCCOC=O. The molecule has 0 aromatic carbocycles. The molecule has 162 valence electrons. The van der Waals surface area contributed by atoms with E-state index in [1.165, 1.54) is 135 Å². The molecule has 0 aromatic heterocycles. The van der Waals surface area contributed by atoms with E-state index >= 15 is 0 Å². The Balaban J connectivity index is 2.96. The molecular weight excluding hydrogens is 332 g/mol. The summed E-state index contributed by atoms with van der Waals surface area (Å²) in [5.41, 5.74) is 0. The third-order valence-corrected chi connectivity index (χ3v) is 5.68. The third kappa shape index (κ3) is 25.5. The van der Waals surface area contributed by atoms with Gasteiger partial charge in [0.25, 0.3) is 6.47 Å². The van der Waals surface area contributed by atoms with Crippen molar-refractivity contribution in [3.63, 3.8) is 0 Å². The van der Waals surface area contributed by atoms with Crippen molar-refractivity contribution >= 4 is 6.47 Å². The molecule has 0 aliphatic heterocycles. The maximum absolute atomic E-state index is 10.00. The second-order valence-corrected chi connectivity index (χ2v) is 8.39. The molecular formula is C25H50O2. The molecule has 0 fully saturated rings. The zero-order chi connectivity index (χ0) is 19.7. The summed E-state index contributed by atoms with van der Waals surface area (Å²) in [7, 11) is 0. The summed E-state index contributed by atoms with van der Waals surface area (Å²) in [4.78, 5) is 10.00. The first-order chi connectivity index (χ1) is 13.4. The molecule has 0 radical (unpaired) electrons. The fourth-order valence-corrected chi connectivity index (χ4v) is 3.84. The van der Waals surface area contributed by atoms with Crippen LogP contribution in [0.25, 0.3) is 0 Å². The van der Waals surface area contributed by atoms with E-state index in [-0.39, 0.29) is 0 Å². The van der Waals surface area contributed by atoms with Crippen LogP contribution in [0.3, 0.4) is 0 Å². The van der Waals surface area contributed by atoms with Gasteiger partial charge in [0.2, 0.25) is 0 Å². The number of unbranched alkanes of at least 4 members (excludes halogenated alkanes) is 21. The molecule has 0 aliphatic rings. The van der Waals surface area contributed by atoms with Gasteiger partial charge in [-0.2, -0.15) is 0 Å². The van der Waals surface area contributed by atoms with E-state index in [1.54, 1.807) is 0 Å². The summed E-state index contributed by atoms with van der Waals surface area (Å²) < 4.78 is 4.70. The van der Waals surface area contributed by atoms with E-state index in [0.717, 1.165) is 6.42 Å². The Morgan fingerprint density at radius 2 is 0.704 bits per heavy atom. The van der Waals surface area contributed by atoms with Crippen molar-refractivity contribution in [2.45, 2.75) is 148 Å². The highest BCUT2D eigenvalue weighted by atomic mass is 16.5. The number of rotatable bonds is 24. The Hall–Kier alpha value is -0.530. The summed E-state index contributed by atoms with van der Waals surface area (Å²) in [6, 6.07) is 0. The summed E-state index contributed by atoms with van der Waals surface area (Å²) in [6.07, 6.45) is 30.9. The molecule has 0 spiro atoms. The van der Waals surface area contributed by atoms with Crippen molar-refractivity contribution < 1.29 is 9.53 Å². The van der Waals surface area contributed by atoms with Gasteiger partial charge in [0.15, 0.2) is 0 Å². The lowest BCUT2D eigenvalue weighted by Crippen LogP contribution is -1.91. The van der Waals surface area contributed by atoms with E-state index in [9.17, 15) is 4.79 Å². The third-order valence-electron chi connectivity index (χ3n) is 5.68. The molecule has 0 rings (SSSR count). The van der Waals surface area contributed by atoms with Crippen LogP contribution in [0.5, 0.6) is 0 Å². The van der Waals surface area contributed by atoms with Gasteiger partial charge in [0.05, 0.1) is 6.61 Å². The maximum atomic E-state index is 10.00. The number of hydrogen-bond acceptors (Lipinski definition) is 2. The molecule has 0 unspecified atom stereocenters. The van der Waals surface area contributed by atoms with E-state index in [1.807, 2.05) is 0 Å². The number of carbonyl (C=O) groups excluding carboxylic acids is 1. The van der Waals surface area contributed by atoms with Crippen molar-refractivity contribution in [2.75, 3.05) is 6.61 Å². The molecule has 0 aliphatic carbocycles. The van der Waals surface area contributed by atoms with Crippen molar-refractivity contribution in [2.24, 2.45) is 0 Å². The van der Waals surface area contributed by atoms with Gasteiger partial charge in [-0.1, -0.05) is 142 Å². The topological polar surface area (TPSA) is 26.3 Å². The summed E-state index contributed by atoms with van der Waals surface area (Å²) in [5, 5.41) is 0. The monoisotopic (exact) mass is 382 g/mol. The minimum Gasteiger partial charge on any atom is -0.468 e. The number of hydrogen-bond donors (Lipinski definition) is 0. The average Bonchev–Trinajstić information content (AvgIpc) is 2.68. The van der Waals surface area contributed by atoms with E-state index < -0.39 is 0 Å². The molecule has 27 heavy (non-hydrogen) atoms. The van der Waals surface area contributed by atoms with Crippen LogP contribution in [-0.2, 0) is 9.53 Å². The van der Waals surface area contributed by atoms with Crippen LogP contribution >= 0.6 is 0 Å². The summed E-state index contributed by atoms with van der Waals surface area (Å²) in [5.74, 6) is 0. The summed E-state index contributed by atoms with van der Waals surface area (Å²) >= 11 is 0. The van der Waals surface area contributed by atoms with Crippen LogP contribution < -0.4 is 0 Å². The van der Waals surface area contributed by atoms with Gasteiger partial charge < -0.3 is 4.74 Å². The smallest absolute Gasteiger partial charge is 0.293 e. The first kappa shape index (κ1) is 26.5.